The lowest BCUT2D eigenvalue weighted by molar-refractivity contribution is -0.174. The zero-order valence-electron chi connectivity index (χ0n) is 12.5. The Kier molecular flexibility index (Phi) is 3.77. The summed E-state index contributed by atoms with van der Waals surface area (Å²) in [5.74, 6) is -5.42. The normalized spacial score (nSPS) is 22.4. The van der Waals surface area contributed by atoms with Gasteiger partial charge in [-0.25, -0.2) is 4.79 Å². The number of carbonyl (C=O) groups is 4. The number of hydrogen-bond donors (Lipinski definition) is 2. The molecule has 0 aliphatic carbocycles. The van der Waals surface area contributed by atoms with Crippen molar-refractivity contribution in [2.45, 2.75) is 31.1 Å². The fourth-order valence-corrected chi connectivity index (χ4v) is 3.09. The molecule has 0 bridgehead atoms. The lowest BCUT2D eigenvalue weighted by Gasteiger charge is -2.26. The Morgan fingerprint density at radius 2 is 1.88 bits per heavy atom. The molecule has 2 N–H and O–H groups in total. The van der Waals surface area contributed by atoms with Gasteiger partial charge in [-0.1, -0.05) is 12.1 Å². The Morgan fingerprint density at radius 3 is 2.48 bits per heavy atom. The highest BCUT2D eigenvalue weighted by molar-refractivity contribution is 6.16. The molecule has 2 amide bonds. The number of halogens is 3. The van der Waals surface area contributed by atoms with Gasteiger partial charge in [0, 0.05) is 18.4 Å². The number of amides is 2. The van der Waals surface area contributed by atoms with Gasteiger partial charge < -0.3 is 10.4 Å². The molecule has 0 saturated heterocycles. The number of anilines is 1. The van der Waals surface area contributed by atoms with E-state index in [0.717, 1.165) is 4.90 Å². The summed E-state index contributed by atoms with van der Waals surface area (Å²) in [4.78, 5) is 48.4. The van der Waals surface area contributed by atoms with Crippen LogP contribution in [0.3, 0.4) is 0 Å². The van der Waals surface area contributed by atoms with E-state index in [1.807, 2.05) is 0 Å². The van der Waals surface area contributed by atoms with Crippen LogP contribution >= 0.6 is 0 Å². The second kappa shape index (κ2) is 5.57. The molecule has 0 unspecified atom stereocenters. The molecule has 10 heteroatoms. The number of Topliss-reactive ketones (excluding diaryl/α,β-unsaturated/α-hetero) is 1. The number of nitrogens with zero attached hydrogens (tertiary/aromatic N) is 1. The molecule has 7 nitrogen and oxygen atoms in total. The third-order valence-electron chi connectivity index (χ3n) is 4.16. The zero-order valence-corrected chi connectivity index (χ0v) is 12.5. The summed E-state index contributed by atoms with van der Waals surface area (Å²) in [7, 11) is 0. The molecule has 132 valence electrons. The molecule has 0 saturated carbocycles. The number of hydrogen-bond acceptors (Lipinski definition) is 4. The largest absolute Gasteiger partial charge is 0.480 e. The molecule has 25 heavy (non-hydrogen) atoms. The van der Waals surface area contributed by atoms with Crippen molar-refractivity contribution in [3.63, 3.8) is 0 Å². The van der Waals surface area contributed by atoms with E-state index in [1.54, 1.807) is 6.07 Å². The molecule has 2 aliphatic rings. The number of alkyl halides is 3. The molecule has 1 aromatic rings. The van der Waals surface area contributed by atoms with Gasteiger partial charge in [-0.3, -0.25) is 19.3 Å². The number of carbonyl (C=O) groups excluding carboxylic acids is 3. The van der Waals surface area contributed by atoms with Gasteiger partial charge in [0.1, 0.15) is 12.1 Å². The van der Waals surface area contributed by atoms with E-state index in [9.17, 15) is 37.5 Å². The van der Waals surface area contributed by atoms with Gasteiger partial charge >= 0.3 is 18.1 Å². The van der Waals surface area contributed by atoms with Crippen LogP contribution in [-0.4, -0.2) is 46.9 Å². The van der Waals surface area contributed by atoms with Gasteiger partial charge in [0.15, 0.2) is 5.78 Å². The molecular weight excluding hydrogens is 345 g/mol. The molecule has 0 radical (unpaired) electrons. The van der Waals surface area contributed by atoms with Crippen LogP contribution in [0.15, 0.2) is 18.2 Å². The molecule has 0 spiro atoms. The first-order valence-electron chi connectivity index (χ1n) is 7.20. The van der Waals surface area contributed by atoms with E-state index in [1.165, 1.54) is 17.4 Å². The Balaban J connectivity index is 2.05. The minimum Gasteiger partial charge on any atom is -0.480 e. The fourth-order valence-electron chi connectivity index (χ4n) is 3.09. The van der Waals surface area contributed by atoms with Crippen LogP contribution in [0.4, 0.5) is 18.9 Å². The van der Waals surface area contributed by atoms with Crippen molar-refractivity contribution in [3.8, 4) is 0 Å². The smallest absolute Gasteiger partial charge is 0.471 e. The van der Waals surface area contributed by atoms with Crippen LogP contribution in [0.2, 0.25) is 0 Å². The third-order valence-corrected chi connectivity index (χ3v) is 4.16. The minimum atomic E-state index is -5.23. The quantitative estimate of drug-likeness (QED) is 0.810. The van der Waals surface area contributed by atoms with E-state index >= 15 is 0 Å². The van der Waals surface area contributed by atoms with Crippen molar-refractivity contribution in [1.29, 1.82) is 0 Å². The first-order valence-corrected chi connectivity index (χ1v) is 7.20. The summed E-state index contributed by atoms with van der Waals surface area (Å²) < 4.78 is 37.4. The summed E-state index contributed by atoms with van der Waals surface area (Å²) in [5.41, 5.74) is 0.585. The molecular formula is C15H11F3N2O5. The van der Waals surface area contributed by atoms with Gasteiger partial charge in [0.2, 0.25) is 0 Å². The maximum Gasteiger partial charge on any atom is 0.471 e. The summed E-state index contributed by atoms with van der Waals surface area (Å²) in [5, 5.41) is 10.8. The van der Waals surface area contributed by atoms with E-state index in [2.05, 4.69) is 0 Å². The van der Waals surface area contributed by atoms with Crippen LogP contribution in [0.25, 0.3) is 0 Å². The van der Waals surface area contributed by atoms with Crippen LogP contribution < -0.4 is 10.2 Å². The van der Waals surface area contributed by atoms with Crippen molar-refractivity contribution in [1.82, 2.24) is 5.32 Å². The van der Waals surface area contributed by atoms with Gasteiger partial charge in [0.25, 0.3) is 5.91 Å². The van der Waals surface area contributed by atoms with E-state index < -0.39 is 48.2 Å². The Bertz CT molecular complexity index is 805. The Labute approximate surface area is 138 Å². The second-order valence-electron chi connectivity index (χ2n) is 5.73. The molecule has 1 aromatic carbocycles. The van der Waals surface area contributed by atoms with Gasteiger partial charge in [-0.05, 0) is 11.6 Å². The SMILES string of the molecule is O=C1C[C@H](NC(=O)C(F)(F)F)C(=O)N2c3c(cccc31)C[C@H]2C(=O)O. The third kappa shape index (κ3) is 2.73. The van der Waals surface area contributed by atoms with Crippen LogP contribution in [0, 0.1) is 0 Å². The molecule has 2 heterocycles. The first-order chi connectivity index (χ1) is 11.6. The van der Waals surface area contributed by atoms with E-state index in [-0.39, 0.29) is 17.7 Å². The van der Waals surface area contributed by atoms with Crippen molar-refractivity contribution in [2.24, 2.45) is 0 Å². The van der Waals surface area contributed by atoms with Gasteiger partial charge in [-0.2, -0.15) is 13.2 Å². The number of carboxylic acid groups (broad SMARTS) is 1. The highest BCUT2D eigenvalue weighted by atomic mass is 19.4. The number of aliphatic carboxylic acids is 1. The van der Waals surface area contributed by atoms with E-state index in [0.29, 0.717) is 5.56 Å². The van der Waals surface area contributed by atoms with Crippen LogP contribution in [0.5, 0.6) is 0 Å². The number of nitrogens with one attached hydrogen (secondary N) is 1. The van der Waals surface area contributed by atoms with E-state index in [4.69, 9.17) is 0 Å². The Hall–Kier alpha value is -2.91. The fraction of sp³-hybridized carbons (Fsp3) is 0.333. The van der Waals surface area contributed by atoms with Gasteiger partial charge in [-0.15, -0.1) is 0 Å². The molecule has 2 atom stereocenters. The molecule has 2 aliphatic heterocycles. The number of benzene rings is 1. The van der Waals surface area contributed by atoms with Crippen molar-refractivity contribution < 1.29 is 37.5 Å². The molecule has 0 aromatic heterocycles. The zero-order chi connectivity index (χ0) is 18.5. The topological polar surface area (TPSA) is 104 Å². The van der Waals surface area contributed by atoms with Crippen LogP contribution in [0.1, 0.15) is 22.3 Å². The molecule has 3 rings (SSSR count). The van der Waals surface area contributed by atoms with Crippen molar-refractivity contribution >= 4 is 29.3 Å². The summed E-state index contributed by atoms with van der Waals surface area (Å²) in [6, 6.07) is 1.29. The van der Waals surface area contributed by atoms with Crippen molar-refractivity contribution in [3.05, 3.63) is 29.3 Å². The summed E-state index contributed by atoms with van der Waals surface area (Å²) in [6.45, 7) is 0. The lowest BCUT2D eigenvalue weighted by atomic mass is 10.0. The van der Waals surface area contributed by atoms with Gasteiger partial charge in [0.05, 0.1) is 5.69 Å². The highest BCUT2D eigenvalue weighted by Crippen LogP contribution is 2.39. The minimum absolute atomic E-state index is 0.0540. The predicted molar refractivity (Wildman–Crippen MR) is 76.0 cm³/mol. The number of rotatable bonds is 2. The number of ketones is 1. The molecule has 0 fully saturated rings. The lowest BCUT2D eigenvalue weighted by Crippen LogP contribution is -2.54. The van der Waals surface area contributed by atoms with Crippen molar-refractivity contribution in [2.75, 3.05) is 4.90 Å². The standard InChI is InChI=1S/C15H11F3N2O5/c16-15(17,18)14(25)19-8-5-10(21)7-3-1-2-6-4-9(13(23)24)20(11(6)7)12(8)22/h1-3,8-9H,4-5H2,(H,19,25)(H,23,24)/t8-,9-/m0/s1. The Morgan fingerprint density at radius 1 is 1.20 bits per heavy atom. The average Bonchev–Trinajstić information content (AvgIpc) is 2.87. The number of para-hydroxylation sites is 1. The maximum atomic E-state index is 12.6. The summed E-state index contributed by atoms with van der Waals surface area (Å²) >= 11 is 0. The number of carboxylic acids is 1. The summed E-state index contributed by atoms with van der Waals surface area (Å²) in [6.07, 6.45) is -5.98. The maximum absolute atomic E-state index is 12.6. The van der Waals surface area contributed by atoms with Crippen LogP contribution in [-0.2, 0) is 20.8 Å². The predicted octanol–water partition coefficient (Wildman–Crippen LogP) is 0.662. The second-order valence-corrected chi connectivity index (χ2v) is 5.73. The first kappa shape index (κ1) is 16.9. The highest BCUT2D eigenvalue weighted by Gasteiger charge is 2.48. The average molecular weight is 356 g/mol. The monoisotopic (exact) mass is 356 g/mol.